The van der Waals surface area contributed by atoms with Crippen molar-refractivity contribution in [2.24, 2.45) is 0 Å². The number of hydrogen-bond acceptors (Lipinski definition) is 7. The van der Waals surface area contributed by atoms with Crippen LogP contribution in [-0.2, 0) is 16.1 Å². The Hall–Kier alpha value is -3.95. The van der Waals surface area contributed by atoms with Gasteiger partial charge in [-0.05, 0) is 30.5 Å². The third kappa shape index (κ3) is 5.81. The largest absolute Gasteiger partial charge is 0.494 e. The van der Waals surface area contributed by atoms with Crippen LogP contribution in [0.5, 0.6) is 5.75 Å². The van der Waals surface area contributed by atoms with Gasteiger partial charge in [0, 0.05) is 51.6 Å². The maximum Gasteiger partial charge on any atom is 0.244 e. The number of piperazine rings is 1. The fraction of sp³-hybridized carbons (Fsp3) is 0.423. The van der Waals surface area contributed by atoms with E-state index in [1.165, 1.54) is 6.92 Å². The van der Waals surface area contributed by atoms with Crippen LogP contribution in [0.3, 0.4) is 0 Å². The van der Waals surface area contributed by atoms with Crippen LogP contribution in [0.15, 0.2) is 49.1 Å². The van der Waals surface area contributed by atoms with Crippen LogP contribution in [0.1, 0.15) is 44.9 Å². The highest BCUT2D eigenvalue weighted by molar-refractivity contribution is 5.88. The molecular formula is C26H33N7O3. The number of ether oxygens (including phenoxy) is 1. The van der Waals surface area contributed by atoms with Gasteiger partial charge in [0.25, 0.3) is 0 Å². The predicted molar refractivity (Wildman–Crippen MR) is 136 cm³/mol. The van der Waals surface area contributed by atoms with E-state index in [0.717, 1.165) is 22.8 Å². The lowest BCUT2D eigenvalue weighted by molar-refractivity contribution is -0.139. The van der Waals surface area contributed by atoms with Crippen molar-refractivity contribution in [1.82, 2.24) is 29.7 Å². The summed E-state index contributed by atoms with van der Waals surface area (Å²) in [6, 6.07) is 8.94. The molecule has 4 rings (SSSR count). The van der Waals surface area contributed by atoms with Crippen LogP contribution >= 0.6 is 0 Å². The molecule has 2 aromatic heterocycles. The number of imidazole rings is 1. The number of nitrogens with one attached hydrogen (secondary N) is 1. The summed E-state index contributed by atoms with van der Waals surface area (Å²) in [5.74, 6) is 1.92. The zero-order chi connectivity index (χ0) is 25.7. The van der Waals surface area contributed by atoms with Gasteiger partial charge >= 0.3 is 0 Å². The Morgan fingerprint density at radius 1 is 1.17 bits per heavy atom. The number of amides is 2. The van der Waals surface area contributed by atoms with Crippen molar-refractivity contribution in [3.63, 3.8) is 0 Å². The minimum atomic E-state index is -0.631. The van der Waals surface area contributed by atoms with Crippen molar-refractivity contribution in [1.29, 1.82) is 0 Å². The zero-order valence-corrected chi connectivity index (χ0v) is 21.2. The van der Waals surface area contributed by atoms with Crippen LogP contribution in [0.2, 0.25) is 0 Å². The second kappa shape index (κ2) is 11.2. The van der Waals surface area contributed by atoms with Gasteiger partial charge in [-0.25, -0.2) is 9.97 Å². The van der Waals surface area contributed by atoms with Crippen molar-refractivity contribution >= 4 is 17.6 Å². The fourth-order valence-corrected chi connectivity index (χ4v) is 4.16. The first kappa shape index (κ1) is 25.2. The second-order valence-corrected chi connectivity index (χ2v) is 9.04. The molecule has 1 unspecified atom stereocenters. The molecule has 0 spiro atoms. The van der Waals surface area contributed by atoms with Gasteiger partial charge in [-0.15, -0.1) is 0 Å². The van der Waals surface area contributed by atoms with Crippen LogP contribution in [0.25, 0.3) is 5.95 Å². The Balaban J connectivity index is 1.52. The summed E-state index contributed by atoms with van der Waals surface area (Å²) < 4.78 is 7.24. The molecule has 1 aliphatic rings. The minimum absolute atomic E-state index is 0.125. The van der Waals surface area contributed by atoms with Crippen molar-refractivity contribution < 1.29 is 14.3 Å². The first-order valence-corrected chi connectivity index (χ1v) is 12.2. The van der Waals surface area contributed by atoms with Crippen molar-refractivity contribution in [2.45, 2.75) is 46.2 Å². The lowest BCUT2D eigenvalue weighted by Gasteiger charge is -2.40. The van der Waals surface area contributed by atoms with E-state index in [9.17, 15) is 9.59 Å². The van der Waals surface area contributed by atoms with Gasteiger partial charge in [-0.2, -0.15) is 4.98 Å². The lowest BCUT2D eigenvalue weighted by atomic mass is 10.1. The molecule has 0 radical (unpaired) electrons. The number of carbonyl (C=O) groups excluding carboxylic acids is 2. The van der Waals surface area contributed by atoms with Crippen molar-refractivity contribution in [3.05, 3.63) is 60.3 Å². The maximum absolute atomic E-state index is 13.3. The Morgan fingerprint density at radius 2 is 1.94 bits per heavy atom. The molecule has 10 nitrogen and oxygen atoms in total. The number of nitrogens with zero attached hydrogens (tertiary/aromatic N) is 6. The van der Waals surface area contributed by atoms with Crippen molar-refractivity contribution in [3.8, 4) is 11.7 Å². The van der Waals surface area contributed by atoms with Gasteiger partial charge in [0.1, 0.15) is 23.9 Å². The monoisotopic (exact) mass is 491 g/mol. The number of aromatic nitrogens is 4. The summed E-state index contributed by atoms with van der Waals surface area (Å²) in [4.78, 5) is 42.8. The molecule has 0 bridgehead atoms. The van der Waals surface area contributed by atoms with Crippen LogP contribution in [0.4, 0.5) is 5.82 Å². The van der Waals surface area contributed by atoms with E-state index in [1.807, 2.05) is 37.3 Å². The van der Waals surface area contributed by atoms with E-state index in [4.69, 9.17) is 9.72 Å². The van der Waals surface area contributed by atoms with E-state index < -0.39 is 6.04 Å². The predicted octanol–water partition coefficient (Wildman–Crippen LogP) is 2.54. The molecule has 1 aliphatic heterocycles. The normalized spacial score (nSPS) is 15.8. The fourth-order valence-electron chi connectivity index (χ4n) is 4.16. The number of carbonyl (C=O) groups is 2. The third-order valence-corrected chi connectivity index (χ3v) is 6.16. The lowest BCUT2D eigenvalue weighted by Crippen LogP contribution is -2.60. The van der Waals surface area contributed by atoms with Gasteiger partial charge in [0.05, 0.1) is 12.3 Å². The minimum Gasteiger partial charge on any atom is -0.494 e. The number of anilines is 1. The molecule has 1 saturated heterocycles. The number of hydrogen-bond donors (Lipinski definition) is 1. The van der Waals surface area contributed by atoms with E-state index in [-0.39, 0.29) is 17.7 Å². The number of rotatable bonds is 8. The first-order chi connectivity index (χ1) is 17.4. The molecule has 1 aromatic carbocycles. The summed E-state index contributed by atoms with van der Waals surface area (Å²) >= 11 is 0. The standard InChI is InChI=1S/C26H33N7O3/c1-5-36-21-8-6-20(7-9-21)15-28-25(35)23-16-31(12-13-33(23)19(4)34)24-14-22(18(2)3)29-26(30-24)32-11-10-27-17-32/h6-11,14,17-18,23H,5,12-13,15-16H2,1-4H3,(H,28,35). The molecular weight excluding hydrogens is 458 g/mol. The van der Waals surface area contributed by atoms with E-state index >= 15 is 0 Å². The highest BCUT2D eigenvalue weighted by Crippen LogP contribution is 2.23. The maximum atomic E-state index is 13.3. The molecule has 3 aromatic rings. The summed E-state index contributed by atoms with van der Waals surface area (Å²) in [6.07, 6.45) is 5.14. The van der Waals surface area contributed by atoms with Gasteiger partial charge in [-0.1, -0.05) is 26.0 Å². The molecule has 0 saturated carbocycles. The molecule has 1 fully saturated rings. The average Bonchev–Trinajstić information content (AvgIpc) is 3.43. The Labute approximate surface area is 211 Å². The van der Waals surface area contributed by atoms with Gasteiger partial charge in [0.2, 0.25) is 17.8 Å². The number of benzene rings is 1. The van der Waals surface area contributed by atoms with Crippen LogP contribution in [-0.4, -0.2) is 68.5 Å². The molecule has 36 heavy (non-hydrogen) atoms. The molecule has 1 atom stereocenters. The van der Waals surface area contributed by atoms with Crippen molar-refractivity contribution in [2.75, 3.05) is 31.1 Å². The summed E-state index contributed by atoms with van der Waals surface area (Å²) in [6.45, 7) is 9.90. The smallest absolute Gasteiger partial charge is 0.244 e. The molecule has 190 valence electrons. The summed E-state index contributed by atoms with van der Waals surface area (Å²) in [5.41, 5.74) is 1.85. The molecule has 10 heteroatoms. The van der Waals surface area contributed by atoms with Gasteiger partial charge in [-0.3, -0.25) is 14.2 Å². The molecule has 0 aliphatic carbocycles. The molecule has 2 amide bonds. The Kier molecular flexibility index (Phi) is 7.82. The van der Waals surface area contributed by atoms with Crippen LogP contribution < -0.4 is 15.0 Å². The summed E-state index contributed by atoms with van der Waals surface area (Å²) in [5, 5.41) is 2.99. The quantitative estimate of drug-likeness (QED) is 0.516. The van der Waals surface area contributed by atoms with Crippen LogP contribution in [0, 0.1) is 0 Å². The topological polar surface area (TPSA) is 105 Å². The Morgan fingerprint density at radius 3 is 2.58 bits per heavy atom. The molecule has 1 N–H and O–H groups in total. The zero-order valence-electron chi connectivity index (χ0n) is 21.2. The van der Waals surface area contributed by atoms with E-state index in [0.29, 0.717) is 38.7 Å². The SMILES string of the molecule is CCOc1ccc(CNC(=O)C2CN(c3cc(C(C)C)nc(-n4ccnc4)n3)CCN2C(C)=O)cc1. The van der Waals surface area contributed by atoms with E-state index in [1.54, 1.807) is 28.2 Å². The highest BCUT2D eigenvalue weighted by atomic mass is 16.5. The average molecular weight is 492 g/mol. The molecule has 3 heterocycles. The Bertz CT molecular complexity index is 1180. The highest BCUT2D eigenvalue weighted by Gasteiger charge is 2.34. The van der Waals surface area contributed by atoms with Gasteiger partial charge < -0.3 is 19.9 Å². The van der Waals surface area contributed by atoms with Gasteiger partial charge in [0.15, 0.2) is 0 Å². The summed E-state index contributed by atoms with van der Waals surface area (Å²) in [7, 11) is 0. The second-order valence-electron chi connectivity index (χ2n) is 9.04. The first-order valence-electron chi connectivity index (χ1n) is 12.2. The third-order valence-electron chi connectivity index (χ3n) is 6.16. The van der Waals surface area contributed by atoms with E-state index in [2.05, 4.69) is 34.0 Å².